The van der Waals surface area contributed by atoms with E-state index < -0.39 is 28.8 Å². The number of carbonyl (C=O) groups excluding carboxylic acids is 1. The molecule has 0 aliphatic heterocycles. The monoisotopic (exact) mass is 300 g/mol. The smallest absolute Gasteiger partial charge is 0.338 e. The summed E-state index contributed by atoms with van der Waals surface area (Å²) in [5, 5.41) is 30.7. The summed E-state index contributed by atoms with van der Waals surface area (Å²) in [5.41, 5.74) is -0.448. The number of esters is 1. The van der Waals surface area contributed by atoms with E-state index in [4.69, 9.17) is 4.74 Å². The van der Waals surface area contributed by atoms with Crippen LogP contribution >= 0.6 is 0 Å². The fourth-order valence-electron chi connectivity index (χ4n) is 1.77. The number of aliphatic hydroxyl groups excluding tert-OH is 2. The van der Waals surface area contributed by atoms with Crippen LogP contribution < -0.4 is 4.74 Å². The molecule has 9 nitrogen and oxygen atoms in total. The molecule has 1 aromatic heterocycles. The van der Waals surface area contributed by atoms with Crippen LogP contribution in [0.5, 0.6) is 5.88 Å². The van der Waals surface area contributed by atoms with Crippen molar-refractivity contribution in [2.24, 2.45) is 0 Å². The van der Waals surface area contributed by atoms with E-state index in [9.17, 15) is 25.1 Å². The molecule has 2 N–H and O–H groups in total. The Hall–Kier alpha value is -2.26. The predicted molar refractivity (Wildman–Crippen MR) is 69.8 cm³/mol. The number of hydrogen-bond donors (Lipinski definition) is 2. The Bertz CT molecular complexity index is 547. The molecule has 0 saturated heterocycles. The normalized spacial score (nSPS) is 13.4. The number of rotatable bonds is 6. The van der Waals surface area contributed by atoms with Gasteiger partial charge in [0.2, 0.25) is 0 Å². The molecule has 0 fully saturated rings. The van der Waals surface area contributed by atoms with Crippen molar-refractivity contribution in [1.29, 1.82) is 0 Å². The second-order valence-electron chi connectivity index (χ2n) is 4.10. The molecule has 0 aliphatic rings. The summed E-state index contributed by atoms with van der Waals surface area (Å²) in [4.78, 5) is 25.4. The molecule has 2 unspecified atom stereocenters. The minimum Gasteiger partial charge on any atom is -0.476 e. The molecule has 0 aliphatic carbocycles. The van der Waals surface area contributed by atoms with Gasteiger partial charge in [0, 0.05) is 17.3 Å². The van der Waals surface area contributed by atoms with Crippen molar-refractivity contribution in [1.82, 2.24) is 4.98 Å². The third-order valence-corrected chi connectivity index (χ3v) is 2.83. The SMILES string of the molecule is CCOC(=O)C(O)C(O)c1cnc(OC)c([N+](=O)[O-])c1C. The molecule has 0 spiro atoms. The maximum atomic E-state index is 11.4. The number of aliphatic hydroxyl groups is 2. The van der Waals surface area contributed by atoms with Gasteiger partial charge in [-0.3, -0.25) is 10.1 Å². The standard InChI is InChI=1S/C12H16N2O7/c1-4-21-12(17)10(16)9(15)7-5-13-11(20-3)8(6(7)2)14(18)19/h5,9-10,15-16H,4H2,1-3H3. The Labute approximate surface area is 120 Å². The maximum absolute atomic E-state index is 11.4. The third kappa shape index (κ3) is 3.44. The molecule has 9 heteroatoms. The largest absolute Gasteiger partial charge is 0.476 e. The maximum Gasteiger partial charge on any atom is 0.338 e. The van der Waals surface area contributed by atoms with Gasteiger partial charge in [0.15, 0.2) is 6.10 Å². The summed E-state index contributed by atoms with van der Waals surface area (Å²) in [6.07, 6.45) is -2.45. The first-order valence-electron chi connectivity index (χ1n) is 6.05. The Morgan fingerprint density at radius 2 is 2.14 bits per heavy atom. The van der Waals surface area contributed by atoms with Crippen LogP contribution in [0.2, 0.25) is 0 Å². The molecule has 0 amide bonds. The van der Waals surface area contributed by atoms with Crippen LogP contribution in [-0.2, 0) is 9.53 Å². The summed E-state index contributed by atoms with van der Waals surface area (Å²) < 4.78 is 9.36. The second kappa shape index (κ2) is 6.95. The van der Waals surface area contributed by atoms with Gasteiger partial charge in [-0.05, 0) is 13.8 Å². The van der Waals surface area contributed by atoms with Crippen LogP contribution in [0.15, 0.2) is 6.20 Å². The molecular formula is C12H16N2O7. The van der Waals surface area contributed by atoms with Gasteiger partial charge in [0.25, 0.3) is 5.88 Å². The van der Waals surface area contributed by atoms with Gasteiger partial charge in [-0.15, -0.1) is 0 Å². The van der Waals surface area contributed by atoms with Crippen LogP contribution in [0.3, 0.4) is 0 Å². The highest BCUT2D eigenvalue weighted by Gasteiger charge is 2.32. The zero-order valence-corrected chi connectivity index (χ0v) is 11.8. The van der Waals surface area contributed by atoms with Crippen LogP contribution in [0, 0.1) is 17.0 Å². The highest BCUT2D eigenvalue weighted by molar-refractivity contribution is 5.75. The first kappa shape index (κ1) is 16.8. The van der Waals surface area contributed by atoms with Crippen LogP contribution in [0.25, 0.3) is 0 Å². The minimum atomic E-state index is -1.86. The molecule has 0 aromatic carbocycles. The van der Waals surface area contributed by atoms with Crippen molar-refractivity contribution >= 4 is 11.7 Å². The van der Waals surface area contributed by atoms with Crippen molar-refractivity contribution in [2.45, 2.75) is 26.1 Å². The van der Waals surface area contributed by atoms with Crippen molar-refractivity contribution in [3.05, 3.63) is 27.4 Å². The van der Waals surface area contributed by atoms with E-state index in [0.717, 1.165) is 6.20 Å². The van der Waals surface area contributed by atoms with Crippen LogP contribution in [0.4, 0.5) is 5.69 Å². The molecule has 21 heavy (non-hydrogen) atoms. The number of methoxy groups -OCH3 is 1. The number of nitrogens with zero attached hydrogens (tertiary/aromatic N) is 2. The molecule has 0 bridgehead atoms. The van der Waals surface area contributed by atoms with Crippen molar-refractivity contribution in [3.8, 4) is 5.88 Å². The van der Waals surface area contributed by atoms with E-state index >= 15 is 0 Å². The van der Waals surface area contributed by atoms with Crippen LogP contribution in [-0.4, -0.2) is 45.9 Å². The van der Waals surface area contributed by atoms with Gasteiger partial charge in [-0.25, -0.2) is 9.78 Å². The highest BCUT2D eigenvalue weighted by atomic mass is 16.6. The fraction of sp³-hybridized carbons (Fsp3) is 0.500. The molecule has 1 rings (SSSR count). The van der Waals surface area contributed by atoms with E-state index in [0.29, 0.717) is 0 Å². The summed E-state index contributed by atoms with van der Waals surface area (Å²) in [6, 6.07) is 0. The first-order chi connectivity index (χ1) is 9.84. The molecule has 0 radical (unpaired) electrons. The van der Waals surface area contributed by atoms with Gasteiger partial charge in [0.1, 0.15) is 6.10 Å². The Morgan fingerprint density at radius 1 is 1.52 bits per heavy atom. The van der Waals surface area contributed by atoms with Gasteiger partial charge in [-0.1, -0.05) is 0 Å². The fourth-order valence-corrected chi connectivity index (χ4v) is 1.77. The van der Waals surface area contributed by atoms with E-state index in [1.165, 1.54) is 14.0 Å². The number of nitro groups is 1. The molecule has 116 valence electrons. The average Bonchev–Trinajstić information content (AvgIpc) is 2.45. The second-order valence-corrected chi connectivity index (χ2v) is 4.10. The molecule has 2 atom stereocenters. The molecule has 1 aromatic rings. The van der Waals surface area contributed by atoms with Gasteiger partial charge >= 0.3 is 11.7 Å². The lowest BCUT2D eigenvalue weighted by Gasteiger charge is -2.18. The zero-order valence-electron chi connectivity index (χ0n) is 11.8. The van der Waals surface area contributed by atoms with E-state index in [2.05, 4.69) is 9.72 Å². The number of hydrogen-bond acceptors (Lipinski definition) is 8. The molecule has 1 heterocycles. The molecular weight excluding hydrogens is 284 g/mol. The number of ether oxygens (including phenoxy) is 2. The zero-order chi connectivity index (χ0) is 16.2. The third-order valence-electron chi connectivity index (χ3n) is 2.83. The number of carbonyl (C=O) groups is 1. The minimum absolute atomic E-state index is 0.0304. The summed E-state index contributed by atoms with van der Waals surface area (Å²) in [7, 11) is 1.22. The van der Waals surface area contributed by atoms with Gasteiger partial charge in [0.05, 0.1) is 18.6 Å². The summed E-state index contributed by atoms with van der Waals surface area (Å²) in [5.74, 6) is -1.25. The van der Waals surface area contributed by atoms with Crippen LogP contribution in [0.1, 0.15) is 24.2 Å². The topological polar surface area (TPSA) is 132 Å². The van der Waals surface area contributed by atoms with Crippen molar-refractivity contribution in [2.75, 3.05) is 13.7 Å². The summed E-state index contributed by atoms with van der Waals surface area (Å²) >= 11 is 0. The van der Waals surface area contributed by atoms with E-state index in [1.54, 1.807) is 6.92 Å². The Kier molecular flexibility index (Phi) is 5.56. The lowest BCUT2D eigenvalue weighted by molar-refractivity contribution is -0.386. The number of pyridine rings is 1. The average molecular weight is 300 g/mol. The number of aromatic nitrogens is 1. The summed E-state index contributed by atoms with van der Waals surface area (Å²) in [6.45, 7) is 2.93. The quantitative estimate of drug-likeness (QED) is 0.434. The Morgan fingerprint density at radius 3 is 2.62 bits per heavy atom. The van der Waals surface area contributed by atoms with E-state index in [-0.39, 0.29) is 23.6 Å². The van der Waals surface area contributed by atoms with Gasteiger partial charge < -0.3 is 19.7 Å². The van der Waals surface area contributed by atoms with E-state index in [1.807, 2.05) is 0 Å². The first-order valence-corrected chi connectivity index (χ1v) is 6.05. The van der Waals surface area contributed by atoms with Gasteiger partial charge in [-0.2, -0.15) is 0 Å². The highest BCUT2D eigenvalue weighted by Crippen LogP contribution is 2.33. The Balaban J connectivity index is 3.22. The predicted octanol–water partition coefficient (Wildman–Crippen LogP) is 0.264. The lowest BCUT2D eigenvalue weighted by Crippen LogP contribution is -2.30. The lowest BCUT2D eigenvalue weighted by atomic mass is 10.0. The van der Waals surface area contributed by atoms with Crippen molar-refractivity contribution < 1.29 is 29.4 Å². The molecule has 0 saturated carbocycles. The van der Waals surface area contributed by atoms with Crippen molar-refractivity contribution in [3.63, 3.8) is 0 Å².